The van der Waals surface area contributed by atoms with Crippen LogP contribution in [0.1, 0.15) is 18.1 Å². The smallest absolute Gasteiger partial charge is 0.174 e. The molecule has 0 bridgehead atoms. The summed E-state index contributed by atoms with van der Waals surface area (Å²) in [7, 11) is 0. The lowest BCUT2D eigenvalue weighted by Gasteiger charge is -2.07. The topological polar surface area (TPSA) is 43.6 Å². The molecule has 0 aliphatic carbocycles. The molecule has 1 aromatic carbocycles. The molecule has 1 unspecified atom stereocenters. The Morgan fingerprint density at radius 1 is 1.31 bits per heavy atom. The lowest BCUT2D eigenvalue weighted by Crippen LogP contribution is -2.04. The van der Waals surface area contributed by atoms with Crippen molar-refractivity contribution in [2.45, 2.75) is 12.3 Å². The molecule has 2 aromatic rings. The highest BCUT2D eigenvalue weighted by molar-refractivity contribution is 6.34. The Bertz CT molecular complexity index is 509. The third-order valence-electron chi connectivity index (χ3n) is 1.99. The molecule has 1 heterocycles. The third kappa shape index (κ3) is 2.14. The van der Waals surface area contributed by atoms with Gasteiger partial charge in [0.25, 0.3) is 0 Å². The first-order chi connectivity index (χ1) is 7.59. The number of alkyl halides is 1. The van der Waals surface area contributed by atoms with Gasteiger partial charge in [0.1, 0.15) is 0 Å². The van der Waals surface area contributed by atoms with Gasteiger partial charge in [0, 0.05) is 5.02 Å². The van der Waals surface area contributed by atoms with E-state index in [1.54, 1.807) is 25.1 Å². The summed E-state index contributed by atoms with van der Waals surface area (Å²) in [6.45, 7) is 1.78. The molecule has 0 saturated carbocycles. The Kier molecular flexibility index (Phi) is 3.33. The van der Waals surface area contributed by atoms with Crippen molar-refractivity contribution in [3.05, 3.63) is 34.1 Å². The Balaban J connectivity index is 2.58. The quantitative estimate of drug-likeness (QED) is 0.791. The Morgan fingerprint density at radius 3 is 2.75 bits per heavy atom. The minimum atomic E-state index is -0.315. The molecule has 1 atom stereocenters. The van der Waals surface area contributed by atoms with Crippen LogP contribution in [0.15, 0.2) is 18.2 Å². The molecule has 84 valence electrons. The maximum absolute atomic E-state index is 6.05. The maximum Gasteiger partial charge on any atom is 0.174 e. The van der Waals surface area contributed by atoms with E-state index in [1.165, 1.54) is 4.68 Å². The van der Waals surface area contributed by atoms with Crippen molar-refractivity contribution in [3.63, 3.8) is 0 Å². The van der Waals surface area contributed by atoms with Gasteiger partial charge >= 0.3 is 0 Å². The molecule has 0 aliphatic rings. The van der Waals surface area contributed by atoms with Gasteiger partial charge in [-0.1, -0.05) is 23.2 Å². The SMILES string of the molecule is CC(Cl)c1nnnn1-c1cc(Cl)ccc1Cl. The van der Waals surface area contributed by atoms with E-state index >= 15 is 0 Å². The summed E-state index contributed by atoms with van der Waals surface area (Å²) in [5, 5.41) is 12.0. The molecule has 4 nitrogen and oxygen atoms in total. The van der Waals surface area contributed by atoms with Crippen LogP contribution < -0.4 is 0 Å². The lowest BCUT2D eigenvalue weighted by molar-refractivity contribution is 0.761. The van der Waals surface area contributed by atoms with Gasteiger partial charge in [-0.3, -0.25) is 0 Å². The molecule has 1 aromatic heterocycles. The predicted molar refractivity (Wildman–Crippen MR) is 63.4 cm³/mol. The molecule has 0 amide bonds. The molecular weight excluding hydrogens is 270 g/mol. The predicted octanol–water partition coefficient (Wildman–Crippen LogP) is 3.27. The number of benzene rings is 1. The van der Waals surface area contributed by atoms with E-state index in [0.29, 0.717) is 21.6 Å². The standard InChI is InChI=1S/C9H7Cl3N4/c1-5(10)9-13-14-15-16(9)8-4-6(11)2-3-7(8)12/h2-5H,1H3. The zero-order valence-corrected chi connectivity index (χ0v) is 10.5. The minimum absolute atomic E-state index is 0.315. The molecule has 2 rings (SSSR count). The first-order valence-electron chi connectivity index (χ1n) is 4.47. The fraction of sp³-hybridized carbons (Fsp3) is 0.222. The molecule has 0 radical (unpaired) electrons. The van der Waals surface area contributed by atoms with E-state index in [2.05, 4.69) is 15.5 Å². The summed E-state index contributed by atoms with van der Waals surface area (Å²) in [4.78, 5) is 0. The van der Waals surface area contributed by atoms with Crippen LogP contribution in [0.4, 0.5) is 0 Å². The van der Waals surface area contributed by atoms with E-state index in [4.69, 9.17) is 34.8 Å². The van der Waals surface area contributed by atoms with E-state index in [0.717, 1.165) is 0 Å². The highest BCUT2D eigenvalue weighted by atomic mass is 35.5. The normalized spacial score (nSPS) is 12.8. The molecule has 7 heteroatoms. The van der Waals surface area contributed by atoms with Crippen LogP contribution >= 0.6 is 34.8 Å². The number of tetrazole rings is 1. The summed E-state index contributed by atoms with van der Waals surface area (Å²) >= 11 is 17.9. The van der Waals surface area contributed by atoms with Crippen LogP contribution in [0, 0.1) is 0 Å². The summed E-state index contributed by atoms with van der Waals surface area (Å²) < 4.78 is 1.48. The Hall–Kier alpha value is -0.840. The molecule has 0 fully saturated rings. The van der Waals surface area contributed by atoms with Gasteiger partial charge in [-0.25, -0.2) is 0 Å². The number of hydrogen-bond acceptors (Lipinski definition) is 3. The van der Waals surface area contributed by atoms with Crippen molar-refractivity contribution in [2.75, 3.05) is 0 Å². The van der Waals surface area contributed by atoms with Gasteiger partial charge < -0.3 is 0 Å². The van der Waals surface area contributed by atoms with Crippen LogP contribution in [-0.2, 0) is 0 Å². The molecule has 0 aliphatic heterocycles. The second-order valence-electron chi connectivity index (χ2n) is 3.16. The van der Waals surface area contributed by atoms with Crippen LogP contribution in [0.3, 0.4) is 0 Å². The minimum Gasteiger partial charge on any atom is -0.194 e. The molecule has 0 spiro atoms. The van der Waals surface area contributed by atoms with Gasteiger partial charge in [-0.2, -0.15) is 4.68 Å². The second-order valence-corrected chi connectivity index (χ2v) is 4.66. The van der Waals surface area contributed by atoms with Crippen molar-refractivity contribution in [3.8, 4) is 5.69 Å². The monoisotopic (exact) mass is 276 g/mol. The van der Waals surface area contributed by atoms with E-state index in [9.17, 15) is 0 Å². The third-order valence-corrected chi connectivity index (χ3v) is 2.74. The Morgan fingerprint density at radius 2 is 2.06 bits per heavy atom. The molecule has 0 N–H and O–H groups in total. The second kappa shape index (κ2) is 4.57. The lowest BCUT2D eigenvalue weighted by atomic mass is 10.3. The summed E-state index contributed by atoms with van der Waals surface area (Å²) in [6, 6.07) is 5.06. The number of nitrogens with zero attached hydrogens (tertiary/aromatic N) is 4. The van der Waals surface area contributed by atoms with Crippen molar-refractivity contribution in [1.29, 1.82) is 0 Å². The number of hydrogen-bond donors (Lipinski definition) is 0. The highest BCUT2D eigenvalue weighted by Crippen LogP contribution is 2.26. The average Bonchev–Trinajstić information content (AvgIpc) is 2.70. The van der Waals surface area contributed by atoms with Crippen molar-refractivity contribution >= 4 is 34.8 Å². The summed E-state index contributed by atoms with van der Waals surface area (Å²) in [6.07, 6.45) is 0. The van der Waals surface area contributed by atoms with Crippen LogP contribution in [0.25, 0.3) is 5.69 Å². The van der Waals surface area contributed by atoms with Gasteiger partial charge in [0.15, 0.2) is 5.82 Å². The van der Waals surface area contributed by atoms with Crippen LogP contribution in [0.2, 0.25) is 10.0 Å². The fourth-order valence-electron chi connectivity index (χ4n) is 1.26. The maximum atomic E-state index is 6.05. The van der Waals surface area contributed by atoms with Crippen LogP contribution in [-0.4, -0.2) is 20.2 Å². The first-order valence-corrected chi connectivity index (χ1v) is 5.66. The van der Waals surface area contributed by atoms with E-state index in [-0.39, 0.29) is 5.38 Å². The fourth-order valence-corrected chi connectivity index (χ4v) is 1.76. The summed E-state index contributed by atoms with van der Waals surface area (Å²) in [5.41, 5.74) is 0.613. The van der Waals surface area contributed by atoms with Gasteiger partial charge in [-0.15, -0.1) is 16.7 Å². The largest absolute Gasteiger partial charge is 0.194 e. The highest BCUT2D eigenvalue weighted by Gasteiger charge is 2.15. The number of rotatable bonds is 2. The Labute approximate surface area is 107 Å². The van der Waals surface area contributed by atoms with E-state index in [1.807, 2.05) is 0 Å². The zero-order chi connectivity index (χ0) is 11.7. The average molecular weight is 278 g/mol. The van der Waals surface area contributed by atoms with Crippen molar-refractivity contribution < 1.29 is 0 Å². The molecular formula is C9H7Cl3N4. The first kappa shape index (κ1) is 11.6. The van der Waals surface area contributed by atoms with E-state index < -0.39 is 0 Å². The molecule has 0 saturated heterocycles. The van der Waals surface area contributed by atoms with Gasteiger partial charge in [0.2, 0.25) is 0 Å². The number of aromatic nitrogens is 4. The number of halogens is 3. The van der Waals surface area contributed by atoms with Gasteiger partial charge in [-0.05, 0) is 35.5 Å². The molecule has 16 heavy (non-hydrogen) atoms. The van der Waals surface area contributed by atoms with Crippen LogP contribution in [0.5, 0.6) is 0 Å². The zero-order valence-electron chi connectivity index (χ0n) is 8.23. The van der Waals surface area contributed by atoms with Crippen molar-refractivity contribution in [2.24, 2.45) is 0 Å². The summed E-state index contributed by atoms with van der Waals surface area (Å²) in [5.74, 6) is 0.519. The van der Waals surface area contributed by atoms with Crippen molar-refractivity contribution in [1.82, 2.24) is 20.2 Å². The van der Waals surface area contributed by atoms with Gasteiger partial charge in [0.05, 0.1) is 16.1 Å².